The van der Waals surface area contributed by atoms with E-state index in [4.69, 9.17) is 9.97 Å². The van der Waals surface area contributed by atoms with Crippen molar-refractivity contribution in [1.29, 1.82) is 0 Å². The Morgan fingerprint density at radius 3 is 2.61 bits per heavy atom. The summed E-state index contributed by atoms with van der Waals surface area (Å²) in [6, 6.07) is 6.22. The number of nitrogens with zero attached hydrogens (tertiary/aromatic N) is 4. The van der Waals surface area contributed by atoms with Gasteiger partial charge in [-0.15, -0.1) is 0 Å². The molecule has 0 spiro atoms. The van der Waals surface area contributed by atoms with Gasteiger partial charge in [-0.25, -0.2) is 9.97 Å². The fraction of sp³-hybridized carbons (Fsp3) is 0.500. The number of rotatable bonds is 4. The molecule has 0 bridgehead atoms. The predicted molar refractivity (Wildman–Crippen MR) is 120 cm³/mol. The SMILES string of the molecule is CNc1nc(C2CCN(C(C)=O)C2)nc2c1CN(C(=O)Cc1ccc(C)c(C)c1)CC2. The maximum atomic E-state index is 13.0. The van der Waals surface area contributed by atoms with E-state index >= 15 is 0 Å². The van der Waals surface area contributed by atoms with Crippen LogP contribution in [0, 0.1) is 13.8 Å². The lowest BCUT2D eigenvalue weighted by atomic mass is 10.0. The van der Waals surface area contributed by atoms with Crippen molar-refractivity contribution in [3.8, 4) is 0 Å². The van der Waals surface area contributed by atoms with Gasteiger partial charge < -0.3 is 15.1 Å². The monoisotopic (exact) mass is 421 g/mol. The zero-order chi connectivity index (χ0) is 22.1. The summed E-state index contributed by atoms with van der Waals surface area (Å²) in [4.78, 5) is 38.1. The number of benzene rings is 1. The van der Waals surface area contributed by atoms with E-state index in [1.165, 1.54) is 11.1 Å². The summed E-state index contributed by atoms with van der Waals surface area (Å²) in [6.45, 7) is 8.40. The number of aromatic nitrogens is 2. The normalized spacial score (nSPS) is 18.1. The molecule has 1 aromatic heterocycles. The summed E-state index contributed by atoms with van der Waals surface area (Å²) in [5.41, 5.74) is 5.53. The van der Waals surface area contributed by atoms with Gasteiger partial charge in [-0.3, -0.25) is 9.59 Å². The molecule has 2 aliphatic rings. The third-order valence-corrected chi connectivity index (χ3v) is 6.59. The van der Waals surface area contributed by atoms with Gasteiger partial charge in [0.1, 0.15) is 11.6 Å². The third kappa shape index (κ3) is 4.40. The first-order valence-corrected chi connectivity index (χ1v) is 11.0. The molecule has 31 heavy (non-hydrogen) atoms. The summed E-state index contributed by atoms with van der Waals surface area (Å²) < 4.78 is 0. The maximum Gasteiger partial charge on any atom is 0.227 e. The highest BCUT2D eigenvalue weighted by Crippen LogP contribution is 2.30. The molecular formula is C24H31N5O2. The highest BCUT2D eigenvalue weighted by Gasteiger charge is 2.31. The van der Waals surface area contributed by atoms with E-state index in [0.717, 1.165) is 47.8 Å². The van der Waals surface area contributed by atoms with Gasteiger partial charge >= 0.3 is 0 Å². The second-order valence-corrected chi connectivity index (χ2v) is 8.72. The second kappa shape index (κ2) is 8.65. The number of hydrogen-bond acceptors (Lipinski definition) is 5. The van der Waals surface area contributed by atoms with Crippen molar-refractivity contribution >= 4 is 17.6 Å². The zero-order valence-corrected chi connectivity index (χ0v) is 18.9. The van der Waals surface area contributed by atoms with Crippen molar-refractivity contribution in [2.45, 2.75) is 52.5 Å². The minimum Gasteiger partial charge on any atom is -0.373 e. The summed E-state index contributed by atoms with van der Waals surface area (Å²) in [5.74, 6) is 2.01. The average Bonchev–Trinajstić information content (AvgIpc) is 3.26. The van der Waals surface area contributed by atoms with Crippen LogP contribution in [0.5, 0.6) is 0 Å². The van der Waals surface area contributed by atoms with Crippen molar-refractivity contribution in [3.63, 3.8) is 0 Å². The number of aryl methyl sites for hydroxylation is 2. The van der Waals surface area contributed by atoms with Crippen molar-refractivity contribution in [3.05, 3.63) is 52.0 Å². The molecule has 3 heterocycles. The smallest absolute Gasteiger partial charge is 0.227 e. The average molecular weight is 422 g/mol. The van der Waals surface area contributed by atoms with Crippen LogP contribution in [0.2, 0.25) is 0 Å². The Bertz CT molecular complexity index is 1000. The van der Waals surface area contributed by atoms with Gasteiger partial charge in [0.15, 0.2) is 0 Å². The van der Waals surface area contributed by atoms with Crippen LogP contribution in [0.4, 0.5) is 5.82 Å². The number of carbonyl (C=O) groups is 2. The van der Waals surface area contributed by atoms with Gasteiger partial charge in [0.2, 0.25) is 11.8 Å². The topological polar surface area (TPSA) is 78.4 Å². The first-order chi connectivity index (χ1) is 14.9. The molecule has 7 nitrogen and oxygen atoms in total. The molecule has 0 radical (unpaired) electrons. The molecule has 164 valence electrons. The first-order valence-electron chi connectivity index (χ1n) is 11.0. The second-order valence-electron chi connectivity index (χ2n) is 8.72. The van der Waals surface area contributed by atoms with E-state index in [1.807, 2.05) is 22.9 Å². The van der Waals surface area contributed by atoms with Crippen LogP contribution >= 0.6 is 0 Å². The van der Waals surface area contributed by atoms with Gasteiger partial charge in [0.05, 0.1) is 18.7 Å². The summed E-state index contributed by atoms with van der Waals surface area (Å²) in [5, 5.41) is 3.21. The highest BCUT2D eigenvalue weighted by molar-refractivity contribution is 5.79. The molecule has 0 saturated carbocycles. The molecule has 1 aromatic carbocycles. The predicted octanol–water partition coefficient (Wildman–Crippen LogP) is 2.60. The fourth-order valence-corrected chi connectivity index (χ4v) is 4.49. The minimum absolute atomic E-state index is 0.104. The first kappa shape index (κ1) is 21.3. The lowest BCUT2D eigenvalue weighted by molar-refractivity contribution is -0.131. The number of carbonyl (C=O) groups excluding carboxylic acids is 2. The van der Waals surface area contributed by atoms with Crippen molar-refractivity contribution in [2.24, 2.45) is 0 Å². The lowest BCUT2D eigenvalue weighted by Crippen LogP contribution is -2.38. The van der Waals surface area contributed by atoms with Crippen LogP contribution in [-0.4, -0.2) is 58.3 Å². The Labute approximate surface area is 183 Å². The Hall–Kier alpha value is -2.96. The van der Waals surface area contributed by atoms with E-state index in [2.05, 4.69) is 31.3 Å². The number of fused-ring (bicyclic) bond motifs is 1. The summed E-state index contributed by atoms with van der Waals surface area (Å²) in [6.07, 6.45) is 2.02. The standard InChI is InChI=1S/C24H31N5O2/c1-15-5-6-18(11-16(15)2)12-22(31)29-10-8-21-20(14-29)24(25-4)27-23(26-21)19-7-9-28(13-19)17(3)30/h5-6,11,19H,7-10,12-14H2,1-4H3,(H,25,26,27). The zero-order valence-electron chi connectivity index (χ0n) is 18.9. The van der Waals surface area contributed by atoms with Gasteiger partial charge in [0.25, 0.3) is 0 Å². The lowest BCUT2D eigenvalue weighted by Gasteiger charge is -2.30. The number of likely N-dealkylation sites (tertiary alicyclic amines) is 1. The van der Waals surface area contributed by atoms with Gasteiger partial charge in [-0.2, -0.15) is 0 Å². The molecule has 4 rings (SSSR count). The molecule has 1 fully saturated rings. The minimum atomic E-state index is 0.104. The van der Waals surface area contributed by atoms with Gasteiger partial charge in [-0.05, 0) is 37.0 Å². The van der Waals surface area contributed by atoms with Crippen LogP contribution in [0.3, 0.4) is 0 Å². The van der Waals surface area contributed by atoms with Crippen molar-refractivity contribution < 1.29 is 9.59 Å². The van der Waals surface area contributed by atoms with Crippen molar-refractivity contribution in [1.82, 2.24) is 19.8 Å². The molecular weight excluding hydrogens is 390 g/mol. The molecule has 1 N–H and O–H groups in total. The Kier molecular flexibility index (Phi) is 5.94. The van der Waals surface area contributed by atoms with Crippen LogP contribution in [0.25, 0.3) is 0 Å². The summed E-state index contributed by atoms with van der Waals surface area (Å²) in [7, 11) is 1.86. The largest absolute Gasteiger partial charge is 0.373 e. The van der Waals surface area contributed by atoms with Gasteiger partial charge in [-0.1, -0.05) is 18.2 Å². The van der Waals surface area contributed by atoms with Crippen LogP contribution < -0.4 is 5.32 Å². The fourth-order valence-electron chi connectivity index (χ4n) is 4.49. The molecule has 1 atom stereocenters. The highest BCUT2D eigenvalue weighted by atomic mass is 16.2. The van der Waals surface area contributed by atoms with E-state index in [0.29, 0.717) is 26.1 Å². The van der Waals surface area contributed by atoms with E-state index in [9.17, 15) is 9.59 Å². The third-order valence-electron chi connectivity index (χ3n) is 6.59. The van der Waals surface area contributed by atoms with E-state index in [-0.39, 0.29) is 17.7 Å². The number of nitrogens with one attached hydrogen (secondary N) is 1. The molecule has 1 saturated heterocycles. The Morgan fingerprint density at radius 1 is 1.13 bits per heavy atom. The molecule has 2 aromatic rings. The van der Waals surface area contributed by atoms with Crippen LogP contribution in [0.1, 0.15) is 53.0 Å². The number of hydrogen-bond donors (Lipinski definition) is 1. The summed E-state index contributed by atoms with van der Waals surface area (Å²) >= 11 is 0. The van der Waals surface area contributed by atoms with E-state index in [1.54, 1.807) is 6.92 Å². The number of amides is 2. The molecule has 0 aliphatic carbocycles. The van der Waals surface area contributed by atoms with Crippen LogP contribution in [0.15, 0.2) is 18.2 Å². The van der Waals surface area contributed by atoms with E-state index < -0.39 is 0 Å². The Morgan fingerprint density at radius 2 is 1.94 bits per heavy atom. The van der Waals surface area contributed by atoms with Crippen LogP contribution in [-0.2, 0) is 29.0 Å². The quantitative estimate of drug-likeness (QED) is 0.821. The molecule has 1 unspecified atom stereocenters. The number of anilines is 1. The molecule has 2 amide bonds. The molecule has 2 aliphatic heterocycles. The van der Waals surface area contributed by atoms with Gasteiger partial charge in [0, 0.05) is 51.5 Å². The van der Waals surface area contributed by atoms with Crippen molar-refractivity contribution in [2.75, 3.05) is 32.0 Å². The Balaban J connectivity index is 1.50. The maximum absolute atomic E-state index is 13.0. The molecule has 7 heteroatoms.